The summed E-state index contributed by atoms with van der Waals surface area (Å²) >= 11 is 0. The number of hydrogen-bond donors (Lipinski definition) is 2. The number of amides is 1. The zero-order valence-corrected chi connectivity index (χ0v) is 12.5. The van der Waals surface area contributed by atoms with Gasteiger partial charge in [-0.1, -0.05) is 44.7 Å². The topological polar surface area (TPSA) is 67.5 Å². The molecule has 4 heteroatoms. The van der Waals surface area contributed by atoms with Gasteiger partial charge in [0.2, 0.25) is 5.91 Å². The average Bonchev–Trinajstić information content (AvgIpc) is 2.44. The Bertz CT molecular complexity index is 455. The fourth-order valence-electron chi connectivity index (χ4n) is 1.92. The molecule has 0 aliphatic rings. The van der Waals surface area contributed by atoms with Crippen molar-refractivity contribution in [2.45, 2.75) is 52.4 Å². The molecule has 0 saturated carbocycles. The van der Waals surface area contributed by atoms with E-state index in [1.807, 2.05) is 31.2 Å². The molecule has 0 spiro atoms. The molecule has 0 heterocycles. The largest absolute Gasteiger partial charge is 0.399 e. The lowest BCUT2D eigenvalue weighted by atomic mass is 10.1. The predicted molar refractivity (Wildman–Crippen MR) is 84.6 cm³/mol. The van der Waals surface area contributed by atoms with Crippen LogP contribution in [-0.2, 0) is 4.79 Å². The van der Waals surface area contributed by atoms with E-state index < -0.39 is 0 Å². The number of nitrogen functional groups attached to an aromatic ring is 1. The number of unbranched alkanes of at least 4 members (excludes halogenated alkanes) is 4. The van der Waals surface area contributed by atoms with E-state index in [0.717, 1.165) is 24.1 Å². The van der Waals surface area contributed by atoms with Crippen LogP contribution < -0.4 is 11.2 Å². The lowest BCUT2D eigenvalue weighted by molar-refractivity contribution is -0.121. The summed E-state index contributed by atoms with van der Waals surface area (Å²) in [6, 6.07) is 7.47. The summed E-state index contributed by atoms with van der Waals surface area (Å²) in [5.41, 5.74) is 10.7. The van der Waals surface area contributed by atoms with Gasteiger partial charge in [0, 0.05) is 12.1 Å². The Kier molecular flexibility index (Phi) is 7.40. The first-order chi connectivity index (χ1) is 9.63. The minimum Gasteiger partial charge on any atom is -0.399 e. The van der Waals surface area contributed by atoms with Crippen molar-refractivity contribution in [3.05, 3.63) is 29.8 Å². The van der Waals surface area contributed by atoms with Gasteiger partial charge < -0.3 is 5.73 Å². The van der Waals surface area contributed by atoms with Crippen LogP contribution in [0.3, 0.4) is 0 Å². The third-order valence-corrected chi connectivity index (χ3v) is 3.16. The van der Waals surface area contributed by atoms with Gasteiger partial charge in [0.05, 0.1) is 5.71 Å². The summed E-state index contributed by atoms with van der Waals surface area (Å²) < 4.78 is 0. The Morgan fingerprint density at radius 3 is 2.70 bits per heavy atom. The molecule has 0 atom stereocenters. The Labute approximate surface area is 121 Å². The van der Waals surface area contributed by atoms with Gasteiger partial charge in [-0.05, 0) is 31.0 Å². The maximum Gasteiger partial charge on any atom is 0.240 e. The molecule has 20 heavy (non-hydrogen) atoms. The van der Waals surface area contributed by atoms with Gasteiger partial charge in [0.1, 0.15) is 0 Å². The van der Waals surface area contributed by atoms with E-state index in [-0.39, 0.29) is 5.91 Å². The van der Waals surface area contributed by atoms with Gasteiger partial charge in [-0.3, -0.25) is 4.79 Å². The van der Waals surface area contributed by atoms with Gasteiger partial charge in [0.25, 0.3) is 0 Å². The molecule has 3 N–H and O–H groups in total. The smallest absolute Gasteiger partial charge is 0.240 e. The fraction of sp³-hybridized carbons (Fsp3) is 0.500. The number of rotatable bonds is 8. The first kappa shape index (κ1) is 16.2. The van der Waals surface area contributed by atoms with Crippen LogP contribution in [-0.4, -0.2) is 11.6 Å². The summed E-state index contributed by atoms with van der Waals surface area (Å²) in [6.07, 6.45) is 6.24. The zero-order valence-electron chi connectivity index (χ0n) is 12.5. The molecule has 0 aliphatic carbocycles. The number of hydrazone groups is 1. The van der Waals surface area contributed by atoms with E-state index >= 15 is 0 Å². The molecule has 0 radical (unpaired) electrons. The van der Waals surface area contributed by atoms with Crippen molar-refractivity contribution >= 4 is 17.3 Å². The molecular weight excluding hydrogens is 250 g/mol. The highest BCUT2D eigenvalue weighted by atomic mass is 16.2. The number of nitrogens with one attached hydrogen (secondary N) is 1. The van der Waals surface area contributed by atoms with Gasteiger partial charge in [-0.15, -0.1) is 0 Å². The Hall–Kier alpha value is -1.84. The normalized spacial score (nSPS) is 11.4. The molecular formula is C16H25N3O. The lowest BCUT2D eigenvalue weighted by Crippen LogP contribution is -2.18. The van der Waals surface area contributed by atoms with Crippen molar-refractivity contribution in [1.29, 1.82) is 0 Å². The molecule has 0 saturated heterocycles. The first-order valence-electron chi connectivity index (χ1n) is 7.32. The maximum absolute atomic E-state index is 11.6. The predicted octanol–water partition coefficient (Wildman–Crippen LogP) is 3.47. The molecule has 0 bridgehead atoms. The number of nitrogens with zero attached hydrogens (tertiary/aromatic N) is 1. The second kappa shape index (κ2) is 9.13. The van der Waals surface area contributed by atoms with Gasteiger partial charge in [-0.25, -0.2) is 5.43 Å². The molecule has 1 rings (SSSR count). The Morgan fingerprint density at radius 2 is 2.00 bits per heavy atom. The molecule has 1 aromatic carbocycles. The minimum atomic E-state index is -0.0234. The number of nitrogens with two attached hydrogens (primary N) is 1. The molecule has 0 unspecified atom stereocenters. The Balaban J connectivity index is 2.33. The summed E-state index contributed by atoms with van der Waals surface area (Å²) in [4.78, 5) is 11.6. The summed E-state index contributed by atoms with van der Waals surface area (Å²) in [5.74, 6) is -0.0234. The summed E-state index contributed by atoms with van der Waals surface area (Å²) in [6.45, 7) is 4.04. The highest BCUT2D eigenvalue weighted by Crippen LogP contribution is 2.08. The van der Waals surface area contributed by atoms with Crippen molar-refractivity contribution in [2.75, 3.05) is 5.73 Å². The van der Waals surface area contributed by atoms with Crippen molar-refractivity contribution in [3.63, 3.8) is 0 Å². The van der Waals surface area contributed by atoms with Gasteiger partial charge in [-0.2, -0.15) is 5.10 Å². The zero-order chi connectivity index (χ0) is 14.8. The number of carbonyl (C=O) groups excluding carboxylic acids is 1. The van der Waals surface area contributed by atoms with Crippen LogP contribution in [0, 0.1) is 0 Å². The van der Waals surface area contributed by atoms with Crippen LogP contribution in [0.25, 0.3) is 0 Å². The quantitative estimate of drug-likeness (QED) is 0.330. The second-order valence-corrected chi connectivity index (χ2v) is 5.02. The summed E-state index contributed by atoms with van der Waals surface area (Å²) in [5, 5.41) is 4.11. The van der Waals surface area contributed by atoms with Crippen molar-refractivity contribution in [3.8, 4) is 0 Å². The van der Waals surface area contributed by atoms with E-state index in [4.69, 9.17) is 5.73 Å². The molecule has 4 nitrogen and oxygen atoms in total. The van der Waals surface area contributed by atoms with Crippen molar-refractivity contribution in [1.82, 2.24) is 5.43 Å². The number of carbonyl (C=O) groups is 1. The Morgan fingerprint density at radius 1 is 1.25 bits per heavy atom. The number of anilines is 1. The molecule has 110 valence electrons. The SMILES string of the molecule is CCCCCCCC(=O)NN=C(C)c1cccc(N)c1. The van der Waals surface area contributed by atoms with E-state index in [1.165, 1.54) is 19.3 Å². The van der Waals surface area contributed by atoms with E-state index in [2.05, 4.69) is 17.5 Å². The monoisotopic (exact) mass is 275 g/mol. The van der Waals surface area contributed by atoms with Crippen molar-refractivity contribution in [2.24, 2.45) is 5.10 Å². The number of hydrogen-bond acceptors (Lipinski definition) is 3. The average molecular weight is 275 g/mol. The van der Waals surface area contributed by atoms with Crippen LogP contribution in [0.2, 0.25) is 0 Å². The highest BCUT2D eigenvalue weighted by Gasteiger charge is 2.01. The third kappa shape index (κ3) is 6.36. The minimum absolute atomic E-state index is 0.0234. The van der Waals surface area contributed by atoms with Crippen LogP contribution in [0.5, 0.6) is 0 Å². The van der Waals surface area contributed by atoms with Crippen molar-refractivity contribution < 1.29 is 4.79 Å². The second-order valence-electron chi connectivity index (χ2n) is 5.02. The van der Waals surface area contributed by atoms with Crippen LogP contribution in [0.15, 0.2) is 29.4 Å². The summed E-state index contributed by atoms with van der Waals surface area (Å²) in [7, 11) is 0. The van der Waals surface area contributed by atoms with Crippen LogP contribution >= 0.6 is 0 Å². The van der Waals surface area contributed by atoms with Gasteiger partial charge in [0.15, 0.2) is 0 Å². The van der Waals surface area contributed by atoms with E-state index in [1.54, 1.807) is 0 Å². The van der Waals surface area contributed by atoms with E-state index in [0.29, 0.717) is 12.1 Å². The molecule has 1 aromatic rings. The molecule has 0 fully saturated rings. The maximum atomic E-state index is 11.6. The van der Waals surface area contributed by atoms with Crippen LogP contribution in [0.4, 0.5) is 5.69 Å². The van der Waals surface area contributed by atoms with Crippen LogP contribution in [0.1, 0.15) is 57.9 Å². The first-order valence-corrected chi connectivity index (χ1v) is 7.32. The highest BCUT2D eigenvalue weighted by molar-refractivity contribution is 5.99. The molecule has 0 aliphatic heterocycles. The lowest BCUT2D eigenvalue weighted by Gasteiger charge is -2.04. The standard InChI is InChI=1S/C16H25N3O/c1-3-4-5-6-7-11-16(20)19-18-13(2)14-9-8-10-15(17)12-14/h8-10,12H,3-7,11,17H2,1-2H3,(H,19,20). The molecule has 0 aromatic heterocycles. The van der Waals surface area contributed by atoms with E-state index in [9.17, 15) is 4.79 Å². The molecule has 1 amide bonds. The van der Waals surface area contributed by atoms with Gasteiger partial charge >= 0.3 is 0 Å². The number of benzene rings is 1. The fourth-order valence-corrected chi connectivity index (χ4v) is 1.92. The third-order valence-electron chi connectivity index (χ3n) is 3.16.